The summed E-state index contributed by atoms with van der Waals surface area (Å²) < 4.78 is 0. The summed E-state index contributed by atoms with van der Waals surface area (Å²) in [6.07, 6.45) is 3.54. The average molecular weight is 371 g/mol. The molecule has 0 spiro atoms. The Kier molecular flexibility index (Phi) is 4.71. The highest BCUT2D eigenvalue weighted by Crippen LogP contribution is 2.26. The number of nitrogens with zero attached hydrogens (tertiary/aromatic N) is 4. The molecule has 8 heteroatoms. The predicted octanol–water partition coefficient (Wildman–Crippen LogP) is 3.52. The molecule has 4 heterocycles. The van der Waals surface area contributed by atoms with Crippen molar-refractivity contribution in [3.63, 3.8) is 0 Å². The van der Waals surface area contributed by atoms with Gasteiger partial charge in [-0.25, -0.2) is 4.98 Å². The number of aromatic nitrogens is 3. The number of thiophene rings is 1. The molecule has 128 valence electrons. The minimum Gasteiger partial charge on any atom is -0.354 e. The average Bonchev–Trinajstić information content (AvgIpc) is 3.36. The molecule has 1 aliphatic rings. The van der Waals surface area contributed by atoms with Crippen LogP contribution in [0.4, 0.5) is 10.9 Å². The maximum atomic E-state index is 12.4. The van der Waals surface area contributed by atoms with Crippen LogP contribution in [0.1, 0.15) is 12.8 Å². The van der Waals surface area contributed by atoms with E-state index in [0.717, 1.165) is 35.8 Å². The molecule has 4 rings (SSSR count). The van der Waals surface area contributed by atoms with Crippen LogP contribution >= 0.6 is 22.7 Å². The molecular weight excluding hydrogens is 354 g/mol. The smallest absolute Gasteiger partial charge is 0.231 e. The van der Waals surface area contributed by atoms with Gasteiger partial charge in [-0.15, -0.1) is 32.9 Å². The van der Waals surface area contributed by atoms with Crippen molar-refractivity contribution in [2.75, 3.05) is 23.3 Å². The summed E-state index contributed by atoms with van der Waals surface area (Å²) >= 11 is 3.08. The summed E-state index contributed by atoms with van der Waals surface area (Å²) in [7, 11) is 0. The van der Waals surface area contributed by atoms with Crippen molar-refractivity contribution < 1.29 is 4.79 Å². The maximum absolute atomic E-state index is 12.4. The Balaban J connectivity index is 1.43. The zero-order valence-electron chi connectivity index (χ0n) is 13.5. The van der Waals surface area contributed by atoms with Crippen LogP contribution < -0.4 is 10.2 Å². The van der Waals surface area contributed by atoms with E-state index in [1.807, 2.05) is 35.0 Å². The maximum Gasteiger partial charge on any atom is 0.231 e. The number of rotatable bonds is 4. The second-order valence-corrected chi connectivity index (χ2v) is 7.71. The van der Waals surface area contributed by atoms with Crippen LogP contribution in [0.3, 0.4) is 0 Å². The minimum atomic E-state index is -0.0589. The van der Waals surface area contributed by atoms with E-state index in [1.54, 1.807) is 17.5 Å². The molecule has 1 N–H and O–H groups in total. The lowest BCUT2D eigenvalue weighted by Gasteiger charge is -2.32. The van der Waals surface area contributed by atoms with Crippen LogP contribution in [0.15, 0.2) is 41.2 Å². The van der Waals surface area contributed by atoms with Crippen LogP contribution in [0, 0.1) is 5.92 Å². The van der Waals surface area contributed by atoms with E-state index in [4.69, 9.17) is 0 Å². The number of hydrogen-bond donors (Lipinski definition) is 1. The fourth-order valence-corrected chi connectivity index (χ4v) is 4.16. The van der Waals surface area contributed by atoms with Gasteiger partial charge in [-0.2, -0.15) is 0 Å². The van der Waals surface area contributed by atoms with Crippen molar-refractivity contribution in [3.8, 4) is 10.6 Å². The first kappa shape index (κ1) is 16.2. The number of carbonyl (C=O) groups excluding carboxylic acids is 1. The van der Waals surface area contributed by atoms with Gasteiger partial charge in [0.2, 0.25) is 5.91 Å². The summed E-state index contributed by atoms with van der Waals surface area (Å²) in [6, 6.07) is 8.02. The minimum absolute atomic E-state index is 0.0304. The van der Waals surface area contributed by atoms with Crippen molar-refractivity contribution in [2.24, 2.45) is 5.92 Å². The Hall–Kier alpha value is -2.32. The Labute approximate surface area is 153 Å². The summed E-state index contributed by atoms with van der Waals surface area (Å²) in [5, 5.41) is 16.1. The first-order valence-corrected chi connectivity index (χ1v) is 9.88. The van der Waals surface area contributed by atoms with Gasteiger partial charge in [-0.3, -0.25) is 4.79 Å². The zero-order chi connectivity index (χ0) is 17.1. The summed E-state index contributed by atoms with van der Waals surface area (Å²) in [4.78, 5) is 19.8. The zero-order valence-corrected chi connectivity index (χ0v) is 15.1. The molecule has 1 saturated heterocycles. The summed E-state index contributed by atoms with van der Waals surface area (Å²) in [5.74, 6) is 0.797. The van der Waals surface area contributed by atoms with Crippen molar-refractivity contribution in [2.45, 2.75) is 12.8 Å². The lowest BCUT2D eigenvalue weighted by Crippen LogP contribution is -2.41. The number of piperidine rings is 1. The number of anilines is 2. The second-order valence-electron chi connectivity index (χ2n) is 5.87. The van der Waals surface area contributed by atoms with Crippen molar-refractivity contribution in [1.29, 1.82) is 0 Å². The lowest BCUT2D eigenvalue weighted by atomic mass is 9.97. The third-order valence-corrected chi connectivity index (χ3v) is 5.78. The molecule has 3 aromatic rings. The van der Waals surface area contributed by atoms with Crippen molar-refractivity contribution in [1.82, 2.24) is 15.2 Å². The third-order valence-electron chi connectivity index (χ3n) is 4.20. The van der Waals surface area contributed by atoms with Gasteiger partial charge in [-0.1, -0.05) is 6.07 Å². The van der Waals surface area contributed by atoms with Crippen LogP contribution in [0.25, 0.3) is 10.6 Å². The first-order chi connectivity index (χ1) is 12.3. The number of amides is 1. The lowest BCUT2D eigenvalue weighted by molar-refractivity contribution is -0.120. The molecule has 0 aromatic carbocycles. The van der Waals surface area contributed by atoms with Gasteiger partial charge in [0.1, 0.15) is 5.69 Å². The molecular formula is C17H17N5OS2. The third kappa shape index (κ3) is 3.69. The Bertz CT molecular complexity index is 817. The van der Waals surface area contributed by atoms with Crippen LogP contribution in [-0.4, -0.2) is 34.2 Å². The monoisotopic (exact) mass is 371 g/mol. The van der Waals surface area contributed by atoms with E-state index in [0.29, 0.717) is 11.7 Å². The molecule has 0 radical (unpaired) electrons. The molecule has 0 unspecified atom stereocenters. The van der Waals surface area contributed by atoms with E-state index in [1.165, 1.54) is 11.3 Å². The van der Waals surface area contributed by atoms with Gasteiger partial charge in [0.05, 0.1) is 10.8 Å². The molecule has 6 nitrogen and oxygen atoms in total. The molecule has 0 saturated carbocycles. The molecule has 0 aliphatic carbocycles. The number of carbonyl (C=O) groups is 1. The van der Waals surface area contributed by atoms with E-state index in [2.05, 4.69) is 25.4 Å². The van der Waals surface area contributed by atoms with Gasteiger partial charge in [0.25, 0.3) is 0 Å². The van der Waals surface area contributed by atoms with Crippen LogP contribution in [0.5, 0.6) is 0 Å². The number of thiazole rings is 1. The summed E-state index contributed by atoms with van der Waals surface area (Å²) in [6.45, 7) is 1.55. The Morgan fingerprint density at radius 1 is 1.20 bits per heavy atom. The summed E-state index contributed by atoms with van der Waals surface area (Å²) in [5.41, 5.74) is 0.883. The van der Waals surface area contributed by atoms with Gasteiger partial charge in [0, 0.05) is 24.7 Å². The van der Waals surface area contributed by atoms with Crippen molar-refractivity contribution >= 4 is 39.5 Å². The van der Waals surface area contributed by atoms with E-state index < -0.39 is 0 Å². The van der Waals surface area contributed by atoms with Gasteiger partial charge in [-0.05, 0) is 36.4 Å². The second kappa shape index (κ2) is 7.28. The van der Waals surface area contributed by atoms with E-state index in [-0.39, 0.29) is 11.8 Å². The molecule has 1 atom stereocenters. The number of nitrogens with one attached hydrogen (secondary N) is 1. The Morgan fingerprint density at radius 3 is 2.88 bits per heavy atom. The van der Waals surface area contributed by atoms with Crippen LogP contribution in [-0.2, 0) is 4.79 Å². The fourth-order valence-electron chi connectivity index (χ4n) is 2.94. The molecule has 3 aromatic heterocycles. The Morgan fingerprint density at radius 2 is 2.16 bits per heavy atom. The number of hydrogen-bond acceptors (Lipinski definition) is 7. The quantitative estimate of drug-likeness (QED) is 0.760. The highest BCUT2D eigenvalue weighted by molar-refractivity contribution is 7.14. The van der Waals surface area contributed by atoms with E-state index in [9.17, 15) is 4.79 Å². The standard InChI is InChI=1S/C17H17N5OS2/c23-16(19-17-18-7-10-25-17)12-3-1-8-22(11-12)15-6-5-13(20-21-15)14-4-2-9-24-14/h2,4-7,9-10,12H,1,3,8,11H2,(H,18,19,23)/t12-/m1/s1. The molecule has 1 aliphatic heterocycles. The SMILES string of the molecule is O=C(Nc1nccs1)[C@@H]1CCCN(c2ccc(-c3cccs3)nn2)C1. The molecule has 0 bridgehead atoms. The van der Waals surface area contributed by atoms with Crippen molar-refractivity contribution in [3.05, 3.63) is 41.2 Å². The van der Waals surface area contributed by atoms with E-state index >= 15 is 0 Å². The highest BCUT2D eigenvalue weighted by atomic mass is 32.1. The van der Waals surface area contributed by atoms with Gasteiger partial charge >= 0.3 is 0 Å². The largest absolute Gasteiger partial charge is 0.354 e. The van der Waals surface area contributed by atoms with Gasteiger partial charge < -0.3 is 10.2 Å². The van der Waals surface area contributed by atoms with Crippen LogP contribution in [0.2, 0.25) is 0 Å². The topological polar surface area (TPSA) is 71.0 Å². The normalized spacial score (nSPS) is 17.4. The predicted molar refractivity (Wildman–Crippen MR) is 101 cm³/mol. The molecule has 1 fully saturated rings. The fraction of sp³-hybridized carbons (Fsp3) is 0.294. The molecule has 1 amide bonds. The van der Waals surface area contributed by atoms with Gasteiger partial charge in [0.15, 0.2) is 10.9 Å². The first-order valence-electron chi connectivity index (χ1n) is 8.12. The highest BCUT2D eigenvalue weighted by Gasteiger charge is 2.27. The molecule has 25 heavy (non-hydrogen) atoms.